The van der Waals surface area contributed by atoms with E-state index in [0.717, 1.165) is 11.5 Å². The molecular formula is C12H19N3O2. The van der Waals surface area contributed by atoms with Crippen molar-refractivity contribution >= 4 is 17.5 Å². The molecule has 0 spiro atoms. The molecule has 5 nitrogen and oxygen atoms in total. The number of nitrogens with zero attached hydrogens (tertiary/aromatic N) is 2. The largest absolute Gasteiger partial charge is 0.469 e. The fraction of sp³-hybridized carbons (Fsp3) is 0.500. The maximum Gasteiger partial charge on any atom is 0.310 e. The highest BCUT2D eigenvalue weighted by atomic mass is 16.5. The Morgan fingerprint density at radius 3 is 2.71 bits per heavy atom. The number of ether oxygens (including phenoxy) is 1. The van der Waals surface area contributed by atoms with Gasteiger partial charge >= 0.3 is 5.97 Å². The molecule has 17 heavy (non-hydrogen) atoms. The summed E-state index contributed by atoms with van der Waals surface area (Å²) in [6.07, 6.45) is 1.75. The Hall–Kier alpha value is -1.78. The number of esters is 1. The van der Waals surface area contributed by atoms with E-state index < -0.39 is 0 Å². The summed E-state index contributed by atoms with van der Waals surface area (Å²) >= 11 is 0. The summed E-state index contributed by atoms with van der Waals surface area (Å²) in [4.78, 5) is 17.4. The molecule has 0 amide bonds. The Kier molecular flexibility index (Phi) is 4.75. The number of pyridine rings is 1. The van der Waals surface area contributed by atoms with Crippen LogP contribution in [0.2, 0.25) is 0 Å². The highest BCUT2D eigenvalue weighted by Gasteiger charge is 2.12. The van der Waals surface area contributed by atoms with Gasteiger partial charge < -0.3 is 15.0 Å². The highest BCUT2D eigenvalue weighted by Crippen LogP contribution is 2.12. The van der Waals surface area contributed by atoms with Crippen LogP contribution in [0.25, 0.3) is 0 Å². The fourth-order valence-corrected chi connectivity index (χ4v) is 1.31. The molecule has 0 aliphatic heterocycles. The second kappa shape index (κ2) is 6.08. The van der Waals surface area contributed by atoms with Gasteiger partial charge in [0.25, 0.3) is 0 Å². The molecule has 1 heterocycles. The van der Waals surface area contributed by atoms with Crippen LogP contribution in [0.1, 0.15) is 6.92 Å². The van der Waals surface area contributed by atoms with E-state index in [-0.39, 0.29) is 11.9 Å². The van der Waals surface area contributed by atoms with E-state index >= 15 is 0 Å². The van der Waals surface area contributed by atoms with E-state index in [9.17, 15) is 4.79 Å². The third-order valence-corrected chi connectivity index (χ3v) is 2.42. The van der Waals surface area contributed by atoms with Gasteiger partial charge in [-0.1, -0.05) is 6.92 Å². The van der Waals surface area contributed by atoms with Crippen molar-refractivity contribution in [2.45, 2.75) is 6.92 Å². The third kappa shape index (κ3) is 3.94. The van der Waals surface area contributed by atoms with E-state index in [0.29, 0.717) is 6.54 Å². The molecule has 0 bridgehead atoms. The molecule has 1 unspecified atom stereocenters. The second-order valence-electron chi connectivity index (χ2n) is 4.10. The summed E-state index contributed by atoms with van der Waals surface area (Å²) in [5.74, 6) is 0.514. The minimum atomic E-state index is -0.213. The molecule has 0 aromatic carbocycles. The van der Waals surface area contributed by atoms with E-state index in [1.807, 2.05) is 38.1 Å². The van der Waals surface area contributed by atoms with Gasteiger partial charge in [-0.25, -0.2) is 4.98 Å². The monoisotopic (exact) mass is 237 g/mol. The van der Waals surface area contributed by atoms with E-state index in [2.05, 4.69) is 15.0 Å². The van der Waals surface area contributed by atoms with Gasteiger partial charge in [-0.15, -0.1) is 0 Å². The van der Waals surface area contributed by atoms with Crippen LogP contribution in [0.5, 0.6) is 0 Å². The van der Waals surface area contributed by atoms with Crippen molar-refractivity contribution in [3.63, 3.8) is 0 Å². The zero-order chi connectivity index (χ0) is 12.8. The molecule has 0 fully saturated rings. The first-order valence-electron chi connectivity index (χ1n) is 5.49. The molecule has 94 valence electrons. The molecule has 0 radical (unpaired) electrons. The molecular weight excluding hydrogens is 218 g/mol. The maximum absolute atomic E-state index is 11.2. The number of carbonyl (C=O) groups excluding carboxylic acids is 1. The van der Waals surface area contributed by atoms with Gasteiger partial charge in [0.15, 0.2) is 0 Å². The average Bonchev–Trinajstić information content (AvgIpc) is 2.35. The number of rotatable bonds is 5. The van der Waals surface area contributed by atoms with Crippen molar-refractivity contribution in [3.8, 4) is 0 Å². The molecule has 1 N–H and O–H groups in total. The number of hydrogen-bond acceptors (Lipinski definition) is 5. The number of aromatic nitrogens is 1. The maximum atomic E-state index is 11.2. The van der Waals surface area contributed by atoms with Gasteiger partial charge in [0.1, 0.15) is 5.82 Å². The quantitative estimate of drug-likeness (QED) is 0.784. The van der Waals surface area contributed by atoms with Crippen molar-refractivity contribution in [2.24, 2.45) is 5.92 Å². The number of anilines is 2. The van der Waals surface area contributed by atoms with Crippen molar-refractivity contribution < 1.29 is 9.53 Å². The first-order chi connectivity index (χ1) is 8.04. The lowest BCUT2D eigenvalue weighted by molar-refractivity contribution is -0.144. The number of carbonyl (C=O) groups is 1. The average molecular weight is 237 g/mol. The first kappa shape index (κ1) is 13.3. The lowest BCUT2D eigenvalue weighted by atomic mass is 10.2. The van der Waals surface area contributed by atoms with Crippen LogP contribution in [0.4, 0.5) is 11.5 Å². The molecule has 5 heteroatoms. The predicted molar refractivity (Wildman–Crippen MR) is 68.2 cm³/mol. The topological polar surface area (TPSA) is 54.5 Å². The molecule has 1 aromatic rings. The number of methoxy groups -OCH3 is 1. The summed E-state index contributed by atoms with van der Waals surface area (Å²) in [5.41, 5.74) is 0.895. The highest BCUT2D eigenvalue weighted by molar-refractivity contribution is 5.72. The third-order valence-electron chi connectivity index (χ3n) is 2.42. The Balaban J connectivity index is 2.50. The Bertz CT molecular complexity index is 363. The summed E-state index contributed by atoms with van der Waals surface area (Å²) < 4.78 is 4.65. The van der Waals surface area contributed by atoms with E-state index in [1.165, 1.54) is 7.11 Å². The van der Waals surface area contributed by atoms with E-state index in [4.69, 9.17) is 0 Å². The molecule has 1 atom stereocenters. The van der Waals surface area contributed by atoms with Crippen LogP contribution in [-0.4, -0.2) is 38.7 Å². The van der Waals surface area contributed by atoms with Crippen molar-refractivity contribution in [1.82, 2.24) is 4.98 Å². The van der Waals surface area contributed by atoms with Crippen LogP contribution < -0.4 is 10.2 Å². The number of nitrogens with one attached hydrogen (secondary N) is 1. The van der Waals surface area contributed by atoms with Gasteiger partial charge in [0, 0.05) is 20.6 Å². The molecule has 0 saturated carbocycles. The van der Waals surface area contributed by atoms with Crippen LogP contribution in [0.3, 0.4) is 0 Å². The van der Waals surface area contributed by atoms with Crippen molar-refractivity contribution in [2.75, 3.05) is 38.0 Å². The summed E-state index contributed by atoms with van der Waals surface area (Å²) in [5, 5.41) is 3.14. The Morgan fingerprint density at radius 2 is 2.24 bits per heavy atom. The van der Waals surface area contributed by atoms with Gasteiger partial charge in [-0.2, -0.15) is 0 Å². The van der Waals surface area contributed by atoms with Gasteiger partial charge in [0.2, 0.25) is 0 Å². The molecule has 0 aliphatic rings. The SMILES string of the molecule is COC(=O)C(C)CNc1ccc(N(C)C)nc1. The minimum absolute atomic E-state index is 0.173. The van der Waals surface area contributed by atoms with Crippen LogP contribution in [0.15, 0.2) is 18.3 Å². The van der Waals surface area contributed by atoms with E-state index in [1.54, 1.807) is 6.20 Å². The molecule has 1 aromatic heterocycles. The van der Waals surface area contributed by atoms with Crippen molar-refractivity contribution in [3.05, 3.63) is 18.3 Å². The summed E-state index contributed by atoms with van der Waals surface area (Å²) in [6.45, 7) is 2.36. The van der Waals surface area contributed by atoms with Gasteiger partial charge in [-0.3, -0.25) is 4.79 Å². The van der Waals surface area contributed by atoms with Crippen LogP contribution in [-0.2, 0) is 9.53 Å². The van der Waals surface area contributed by atoms with Crippen LogP contribution in [0, 0.1) is 5.92 Å². The predicted octanol–water partition coefficient (Wildman–Crippen LogP) is 1.37. The molecule has 0 aliphatic carbocycles. The van der Waals surface area contributed by atoms with Gasteiger partial charge in [-0.05, 0) is 12.1 Å². The zero-order valence-electron chi connectivity index (χ0n) is 10.7. The molecule has 1 rings (SSSR count). The first-order valence-corrected chi connectivity index (χ1v) is 5.49. The lowest BCUT2D eigenvalue weighted by Gasteiger charge is -2.13. The molecule has 0 saturated heterocycles. The second-order valence-corrected chi connectivity index (χ2v) is 4.10. The summed E-state index contributed by atoms with van der Waals surface area (Å²) in [7, 11) is 5.27. The normalized spacial score (nSPS) is 11.8. The fourth-order valence-electron chi connectivity index (χ4n) is 1.31. The van der Waals surface area contributed by atoms with Gasteiger partial charge in [0.05, 0.1) is 24.9 Å². The minimum Gasteiger partial charge on any atom is -0.469 e. The van der Waals surface area contributed by atoms with Crippen molar-refractivity contribution in [1.29, 1.82) is 0 Å². The smallest absolute Gasteiger partial charge is 0.310 e. The Morgan fingerprint density at radius 1 is 1.53 bits per heavy atom. The Labute approximate surface area is 102 Å². The zero-order valence-corrected chi connectivity index (χ0v) is 10.7. The number of hydrogen-bond donors (Lipinski definition) is 1. The van der Waals surface area contributed by atoms with Crippen LogP contribution >= 0.6 is 0 Å². The standard InChI is InChI=1S/C12H19N3O2/c1-9(12(16)17-4)7-13-10-5-6-11(14-8-10)15(2)3/h5-6,8-9,13H,7H2,1-4H3. The lowest BCUT2D eigenvalue weighted by Crippen LogP contribution is -2.21. The summed E-state index contributed by atoms with van der Waals surface area (Å²) in [6, 6.07) is 3.86.